The lowest BCUT2D eigenvalue weighted by Crippen LogP contribution is -2.24. The summed E-state index contributed by atoms with van der Waals surface area (Å²) in [5.74, 6) is 1.20. The largest absolute Gasteiger partial charge is 0.548 e. The van der Waals surface area contributed by atoms with Gasteiger partial charge in [0.1, 0.15) is 0 Å². The van der Waals surface area contributed by atoms with E-state index in [4.69, 9.17) is 4.43 Å². The van der Waals surface area contributed by atoms with Gasteiger partial charge in [0, 0.05) is 6.42 Å². The van der Waals surface area contributed by atoms with Crippen LogP contribution in [-0.4, -0.2) is 8.32 Å². The van der Waals surface area contributed by atoms with E-state index in [9.17, 15) is 0 Å². The maximum absolute atomic E-state index is 5.93. The normalized spacial score (nSPS) is 13.2. The van der Waals surface area contributed by atoms with Crippen LogP contribution in [0.3, 0.4) is 0 Å². The van der Waals surface area contributed by atoms with Crippen molar-refractivity contribution in [2.24, 2.45) is 0 Å². The zero-order valence-electron chi connectivity index (χ0n) is 9.81. The number of hydrogen-bond acceptors (Lipinski definition) is 1. The van der Waals surface area contributed by atoms with Crippen LogP contribution in [-0.2, 0) is 4.43 Å². The molecule has 0 aliphatic rings. The third kappa shape index (κ3) is 8.10. The molecule has 0 saturated carbocycles. The van der Waals surface area contributed by atoms with Gasteiger partial charge in [-0.3, -0.25) is 0 Å². The number of hydrogen-bond donors (Lipinski definition) is 0. The Morgan fingerprint density at radius 1 is 1.23 bits per heavy atom. The molecule has 0 amide bonds. The second-order valence-corrected chi connectivity index (χ2v) is 8.81. The Labute approximate surface area is 84.3 Å². The van der Waals surface area contributed by atoms with Gasteiger partial charge in [-0.25, -0.2) is 0 Å². The molecule has 0 atom stereocenters. The molecular weight excluding hydrogens is 176 g/mol. The Morgan fingerprint density at radius 3 is 2.23 bits per heavy atom. The highest BCUT2D eigenvalue weighted by atomic mass is 28.4. The molecule has 0 aromatic heterocycles. The quantitative estimate of drug-likeness (QED) is 0.352. The zero-order valence-corrected chi connectivity index (χ0v) is 10.8. The summed E-state index contributed by atoms with van der Waals surface area (Å²) in [7, 11) is -1.37. The van der Waals surface area contributed by atoms with E-state index < -0.39 is 8.32 Å². The van der Waals surface area contributed by atoms with Gasteiger partial charge in [0.25, 0.3) is 0 Å². The van der Waals surface area contributed by atoms with Crippen molar-refractivity contribution in [2.45, 2.75) is 59.2 Å². The van der Waals surface area contributed by atoms with Gasteiger partial charge in [0.2, 0.25) is 8.32 Å². The molecular formula is C11H24OSi. The first-order valence-electron chi connectivity index (χ1n) is 5.37. The fourth-order valence-electron chi connectivity index (χ4n) is 1.12. The highest BCUT2D eigenvalue weighted by Gasteiger charge is 2.16. The fourth-order valence-corrected chi connectivity index (χ4v) is 2.13. The first kappa shape index (κ1) is 12.8. The van der Waals surface area contributed by atoms with Crippen molar-refractivity contribution in [3.8, 4) is 0 Å². The molecule has 2 heteroatoms. The molecule has 0 unspecified atom stereocenters. The van der Waals surface area contributed by atoms with Crippen LogP contribution in [0.25, 0.3) is 0 Å². The van der Waals surface area contributed by atoms with Crippen molar-refractivity contribution < 1.29 is 4.43 Å². The number of unbranched alkanes of at least 4 members (excludes halogenated alkanes) is 2. The summed E-state index contributed by atoms with van der Waals surface area (Å²) in [6, 6.07) is 0. The smallest absolute Gasteiger partial charge is 0.241 e. The molecule has 0 saturated heterocycles. The van der Waals surface area contributed by atoms with Crippen LogP contribution in [0.1, 0.15) is 39.5 Å². The Morgan fingerprint density at radius 2 is 1.85 bits per heavy atom. The van der Waals surface area contributed by atoms with Gasteiger partial charge in [-0.15, -0.1) is 0 Å². The molecule has 78 valence electrons. The first-order valence-corrected chi connectivity index (χ1v) is 8.78. The molecule has 0 rings (SSSR count). The number of allylic oxidation sites excluding steroid dienone is 2. The second-order valence-electron chi connectivity index (χ2n) is 4.38. The van der Waals surface area contributed by atoms with Crippen LogP contribution in [0.15, 0.2) is 11.8 Å². The minimum Gasteiger partial charge on any atom is -0.548 e. The lowest BCUT2D eigenvalue weighted by Gasteiger charge is -2.21. The second kappa shape index (κ2) is 6.25. The molecule has 0 bridgehead atoms. The van der Waals surface area contributed by atoms with Crippen molar-refractivity contribution in [1.29, 1.82) is 0 Å². The van der Waals surface area contributed by atoms with Crippen molar-refractivity contribution >= 4 is 8.32 Å². The average molecular weight is 200 g/mol. The van der Waals surface area contributed by atoms with E-state index in [2.05, 4.69) is 39.6 Å². The van der Waals surface area contributed by atoms with Crippen LogP contribution in [0, 0.1) is 0 Å². The highest BCUT2D eigenvalue weighted by Crippen LogP contribution is 2.14. The monoisotopic (exact) mass is 200 g/mol. The van der Waals surface area contributed by atoms with Crippen molar-refractivity contribution in [3.05, 3.63) is 11.8 Å². The SMILES string of the molecule is CCCC/C=C(/CC)O[Si](C)(C)C. The van der Waals surface area contributed by atoms with Crippen molar-refractivity contribution in [2.75, 3.05) is 0 Å². The summed E-state index contributed by atoms with van der Waals surface area (Å²) in [6.45, 7) is 11.1. The maximum Gasteiger partial charge on any atom is 0.241 e. The average Bonchev–Trinajstić information content (AvgIpc) is 2.01. The van der Waals surface area contributed by atoms with E-state index in [1.54, 1.807) is 0 Å². The minimum atomic E-state index is -1.37. The molecule has 0 aromatic carbocycles. The Hall–Kier alpha value is -0.243. The van der Waals surface area contributed by atoms with Crippen LogP contribution in [0.4, 0.5) is 0 Å². The van der Waals surface area contributed by atoms with Gasteiger partial charge in [-0.2, -0.15) is 0 Å². The Bertz CT molecular complexity index is 156. The number of rotatable bonds is 6. The summed E-state index contributed by atoms with van der Waals surface area (Å²) < 4.78 is 5.93. The van der Waals surface area contributed by atoms with E-state index >= 15 is 0 Å². The van der Waals surface area contributed by atoms with Gasteiger partial charge in [-0.05, 0) is 38.6 Å². The molecule has 0 fully saturated rings. The standard InChI is InChI=1S/C11H24OSi/c1-6-8-9-10-11(7-2)12-13(3,4)5/h10H,6-9H2,1-5H3/b11-10-. The summed E-state index contributed by atoms with van der Waals surface area (Å²) in [5, 5.41) is 0. The molecule has 0 heterocycles. The van der Waals surface area contributed by atoms with E-state index in [-0.39, 0.29) is 0 Å². The van der Waals surface area contributed by atoms with E-state index in [0.29, 0.717) is 0 Å². The third-order valence-corrected chi connectivity index (χ3v) is 2.59. The van der Waals surface area contributed by atoms with Gasteiger partial charge < -0.3 is 4.43 Å². The van der Waals surface area contributed by atoms with E-state index in [1.807, 2.05) is 0 Å². The van der Waals surface area contributed by atoms with Gasteiger partial charge in [-0.1, -0.05) is 20.3 Å². The molecule has 13 heavy (non-hydrogen) atoms. The zero-order chi connectivity index (χ0) is 10.3. The predicted molar refractivity (Wildman–Crippen MR) is 62.3 cm³/mol. The summed E-state index contributed by atoms with van der Waals surface area (Å²) in [4.78, 5) is 0. The molecule has 0 aromatic rings. The molecule has 0 aliphatic carbocycles. The summed E-state index contributed by atoms with van der Waals surface area (Å²) in [5.41, 5.74) is 0. The molecule has 0 spiro atoms. The van der Waals surface area contributed by atoms with Gasteiger partial charge in [0.05, 0.1) is 5.76 Å². The third-order valence-electron chi connectivity index (χ3n) is 1.72. The summed E-state index contributed by atoms with van der Waals surface area (Å²) in [6.07, 6.45) is 7.01. The van der Waals surface area contributed by atoms with Crippen molar-refractivity contribution in [3.63, 3.8) is 0 Å². The van der Waals surface area contributed by atoms with Crippen LogP contribution in [0.5, 0.6) is 0 Å². The maximum atomic E-state index is 5.93. The Balaban J connectivity index is 3.94. The minimum absolute atomic E-state index is 1.04. The predicted octanol–water partition coefficient (Wildman–Crippen LogP) is 4.32. The fraction of sp³-hybridized carbons (Fsp3) is 0.818. The van der Waals surface area contributed by atoms with Crippen LogP contribution >= 0.6 is 0 Å². The van der Waals surface area contributed by atoms with Crippen LogP contribution < -0.4 is 0 Å². The molecule has 0 aliphatic heterocycles. The van der Waals surface area contributed by atoms with Crippen LogP contribution in [0.2, 0.25) is 19.6 Å². The Kier molecular flexibility index (Phi) is 6.13. The lowest BCUT2D eigenvalue weighted by atomic mass is 10.2. The van der Waals surface area contributed by atoms with Gasteiger partial charge in [0.15, 0.2) is 0 Å². The van der Waals surface area contributed by atoms with E-state index in [0.717, 1.165) is 6.42 Å². The molecule has 0 radical (unpaired) electrons. The molecule has 0 N–H and O–H groups in total. The van der Waals surface area contributed by atoms with Crippen molar-refractivity contribution in [1.82, 2.24) is 0 Å². The van der Waals surface area contributed by atoms with E-state index in [1.165, 1.54) is 25.0 Å². The highest BCUT2D eigenvalue weighted by molar-refractivity contribution is 6.70. The first-order chi connectivity index (χ1) is 5.99. The topological polar surface area (TPSA) is 9.23 Å². The molecule has 1 nitrogen and oxygen atoms in total. The lowest BCUT2D eigenvalue weighted by molar-refractivity contribution is 0.402. The van der Waals surface area contributed by atoms with Gasteiger partial charge >= 0.3 is 0 Å². The summed E-state index contributed by atoms with van der Waals surface area (Å²) >= 11 is 0.